The van der Waals surface area contributed by atoms with E-state index < -0.39 is 10.8 Å². The molecular formula is C104H60N4S. The molecule has 0 atom stereocenters. The normalized spacial score (nSPS) is 13.7. The summed E-state index contributed by atoms with van der Waals surface area (Å²) in [6.07, 6.45) is 0. The van der Waals surface area contributed by atoms with Crippen molar-refractivity contribution in [2.45, 2.75) is 10.8 Å². The average molecular weight is 1400 g/mol. The Bertz CT molecular complexity index is 7080. The van der Waals surface area contributed by atoms with Crippen molar-refractivity contribution >= 4 is 98.6 Å². The van der Waals surface area contributed by atoms with E-state index in [0.29, 0.717) is 0 Å². The predicted molar refractivity (Wildman–Crippen MR) is 453 cm³/mol. The van der Waals surface area contributed by atoms with Crippen LogP contribution in [0.25, 0.3) is 186 Å². The second-order valence-electron chi connectivity index (χ2n) is 30.0. The fourth-order valence-corrected chi connectivity index (χ4v) is 21.9. The number of benzene rings is 17. The van der Waals surface area contributed by atoms with E-state index in [1.54, 1.807) is 0 Å². The largest absolute Gasteiger partial charge is 0.309 e. The van der Waals surface area contributed by atoms with Crippen LogP contribution in [0, 0.1) is 0 Å². The van der Waals surface area contributed by atoms with Crippen LogP contribution in [0.1, 0.15) is 44.5 Å². The van der Waals surface area contributed by atoms with E-state index >= 15 is 0 Å². The highest BCUT2D eigenvalue weighted by Gasteiger charge is 2.54. The fraction of sp³-hybridized carbons (Fsp3) is 0.0192. The van der Waals surface area contributed by atoms with Gasteiger partial charge in [-0.1, -0.05) is 291 Å². The van der Waals surface area contributed by atoms with Gasteiger partial charge in [0.05, 0.1) is 53.7 Å². The number of rotatable bonds is 6. The van der Waals surface area contributed by atoms with Crippen molar-refractivity contribution in [1.82, 2.24) is 19.1 Å². The van der Waals surface area contributed by atoms with Gasteiger partial charge in [0, 0.05) is 54.8 Å². The van der Waals surface area contributed by atoms with Crippen LogP contribution in [0.15, 0.2) is 364 Å². The van der Waals surface area contributed by atoms with Gasteiger partial charge in [0.2, 0.25) is 0 Å². The van der Waals surface area contributed by atoms with Crippen LogP contribution in [0.3, 0.4) is 0 Å². The molecule has 25 rings (SSSR count). The monoisotopic (exact) mass is 1400 g/mol. The predicted octanol–water partition coefficient (Wildman–Crippen LogP) is 26.7. The van der Waals surface area contributed by atoms with Gasteiger partial charge in [-0.25, -0.2) is 9.97 Å². The lowest BCUT2D eigenvalue weighted by atomic mass is 9.70. The number of fused-ring (bicyclic) bond motifs is 33. The second-order valence-corrected chi connectivity index (χ2v) is 31.0. The van der Waals surface area contributed by atoms with Crippen LogP contribution >= 0.6 is 11.3 Å². The maximum absolute atomic E-state index is 6.31. The first-order valence-electron chi connectivity index (χ1n) is 37.8. The van der Waals surface area contributed by atoms with Crippen molar-refractivity contribution in [2.24, 2.45) is 0 Å². The molecule has 0 saturated heterocycles. The maximum atomic E-state index is 6.31. The fourth-order valence-electron chi connectivity index (χ4n) is 20.7. The topological polar surface area (TPSA) is 35.6 Å². The van der Waals surface area contributed by atoms with Crippen molar-refractivity contribution in [1.29, 1.82) is 0 Å². The summed E-state index contributed by atoms with van der Waals surface area (Å²) in [5.74, 6) is 0. The minimum absolute atomic E-state index is 0.544. The van der Waals surface area contributed by atoms with Crippen LogP contribution in [0.2, 0.25) is 0 Å². The summed E-state index contributed by atoms with van der Waals surface area (Å²) in [5, 5.41) is 9.21. The molecule has 4 aromatic heterocycles. The van der Waals surface area contributed by atoms with E-state index in [4.69, 9.17) is 9.97 Å². The highest BCUT2D eigenvalue weighted by molar-refractivity contribution is 7.21. The van der Waals surface area contributed by atoms with Gasteiger partial charge in [0.15, 0.2) is 0 Å². The molecule has 109 heavy (non-hydrogen) atoms. The molecule has 21 aromatic rings. The van der Waals surface area contributed by atoms with E-state index in [1.165, 1.54) is 133 Å². The number of nitrogens with zero attached hydrogens (tertiary/aromatic N) is 4. The summed E-state index contributed by atoms with van der Waals surface area (Å²) in [6.45, 7) is 0. The van der Waals surface area contributed by atoms with E-state index in [0.717, 1.165) is 98.1 Å². The third-order valence-corrected chi connectivity index (χ3v) is 26.2. The lowest BCUT2D eigenvalue weighted by Gasteiger charge is -2.30. The van der Waals surface area contributed by atoms with E-state index in [-0.39, 0.29) is 0 Å². The summed E-state index contributed by atoms with van der Waals surface area (Å²) < 4.78 is 4.80. The molecule has 17 aromatic carbocycles. The van der Waals surface area contributed by atoms with Gasteiger partial charge in [-0.15, -0.1) is 11.3 Å². The highest BCUT2D eigenvalue weighted by Crippen LogP contribution is 2.67. The zero-order valence-corrected chi connectivity index (χ0v) is 59.7. The average Bonchev–Trinajstić information content (AvgIpc) is 1.50. The van der Waals surface area contributed by atoms with Crippen LogP contribution in [-0.4, -0.2) is 19.1 Å². The smallest absolute Gasteiger partial charge is 0.109 e. The molecule has 2 spiro atoms. The molecule has 0 unspecified atom stereocenters. The number of thiophene rings is 1. The summed E-state index contributed by atoms with van der Waals surface area (Å²) in [6, 6.07) is 137. The molecule has 0 N–H and O–H groups in total. The Morgan fingerprint density at radius 2 is 0.495 bits per heavy atom. The highest BCUT2D eigenvalue weighted by atomic mass is 32.1. The minimum Gasteiger partial charge on any atom is -0.309 e. The first-order valence-corrected chi connectivity index (χ1v) is 38.6. The molecule has 4 heterocycles. The van der Waals surface area contributed by atoms with Gasteiger partial charge < -0.3 is 9.13 Å². The van der Waals surface area contributed by atoms with Crippen molar-refractivity contribution in [2.75, 3.05) is 0 Å². The molecule has 4 nitrogen and oxygen atoms in total. The third kappa shape index (κ3) is 7.71. The van der Waals surface area contributed by atoms with Crippen molar-refractivity contribution in [3.05, 3.63) is 408 Å². The van der Waals surface area contributed by atoms with Gasteiger partial charge >= 0.3 is 0 Å². The summed E-state index contributed by atoms with van der Waals surface area (Å²) in [7, 11) is 0. The lowest BCUT2D eigenvalue weighted by Crippen LogP contribution is -2.25. The molecular weight excluding hydrogens is 1340 g/mol. The zero-order chi connectivity index (χ0) is 71.0. The lowest BCUT2D eigenvalue weighted by molar-refractivity contribution is 0.794. The van der Waals surface area contributed by atoms with Crippen LogP contribution in [0.5, 0.6) is 0 Å². The SMILES string of the molecule is c1ccc(-n2c3ccccc3c3cc(-c4ccc5c(c4)c4cc(-c6ccc7c(c6)c6ccccc6n7-c6ccccc6)ccc4c4nc6c(-c7cccc8c7-c7ccccc7C87c8ccccc8-c8ccccc87)sc(-c7cccc8c7-c7ccccc7C87c8ccccc8-c8ccccc87)c6nc54)ccc32)cc1. The molecule has 5 heteroatoms. The molecule has 4 aliphatic rings. The number of hydrogen-bond acceptors (Lipinski definition) is 3. The number of aromatic nitrogens is 4. The van der Waals surface area contributed by atoms with E-state index in [1.807, 2.05) is 11.3 Å². The first-order chi connectivity index (χ1) is 54.1. The molecule has 0 saturated carbocycles. The summed E-state index contributed by atoms with van der Waals surface area (Å²) in [5.41, 5.74) is 36.9. The Morgan fingerprint density at radius 1 is 0.202 bits per heavy atom. The van der Waals surface area contributed by atoms with Crippen molar-refractivity contribution in [3.63, 3.8) is 0 Å². The Labute approximate surface area is 631 Å². The van der Waals surface area contributed by atoms with Gasteiger partial charge in [-0.05, 0) is 195 Å². The Balaban J connectivity index is 0.781. The van der Waals surface area contributed by atoms with Gasteiger partial charge in [0.25, 0.3) is 0 Å². The van der Waals surface area contributed by atoms with Gasteiger partial charge in [-0.3, -0.25) is 0 Å². The standard InChI is InChI=1S/C104H60N4S/c1-3-25-65(26-4-1)107-91-47-21-13-33-71(91)81-59-63(51-55-93(81)107)61-49-53-73-79(57-61)80-58-62(64-52-56-94-82(60-64)72-34-14-22-48-92(72)108(94)66-27-5-2-6-28-66)50-54-74(80)98-97(73)105-99-100(106-98)102(78-38-24-46-90-96(78)76-36-12-20-44-88(76)104(90)85-41-17-9-31-69(85)70-32-10-18-42-86(70)104)109-101(99)77-37-23-45-89-95(77)75-35-11-19-43-87(75)103(89)83-39-15-7-29-67(83)68-30-8-16-40-84(68)103/h1-60H. The van der Waals surface area contributed by atoms with Crippen LogP contribution < -0.4 is 0 Å². The minimum atomic E-state index is -0.544. The van der Waals surface area contributed by atoms with Crippen molar-refractivity contribution in [3.8, 4) is 99.0 Å². The molecule has 0 fully saturated rings. The molecule has 502 valence electrons. The maximum Gasteiger partial charge on any atom is 0.109 e. The van der Waals surface area contributed by atoms with Gasteiger partial charge in [-0.2, -0.15) is 0 Å². The van der Waals surface area contributed by atoms with Crippen molar-refractivity contribution < 1.29 is 0 Å². The Kier molecular flexibility index (Phi) is 11.9. The Morgan fingerprint density at radius 3 is 0.890 bits per heavy atom. The third-order valence-electron chi connectivity index (χ3n) is 24.9. The molecule has 0 aliphatic heterocycles. The zero-order valence-electron chi connectivity index (χ0n) is 58.8. The van der Waals surface area contributed by atoms with E-state index in [9.17, 15) is 0 Å². The molecule has 0 amide bonds. The number of para-hydroxylation sites is 4. The number of hydrogen-bond donors (Lipinski definition) is 0. The Hall–Kier alpha value is -13.8. The molecule has 0 bridgehead atoms. The second kappa shape index (κ2) is 21.9. The van der Waals surface area contributed by atoms with Gasteiger partial charge in [0.1, 0.15) is 11.0 Å². The van der Waals surface area contributed by atoms with Crippen LogP contribution in [-0.2, 0) is 10.8 Å². The summed E-state index contributed by atoms with van der Waals surface area (Å²) in [4.78, 5) is 14.8. The molecule has 0 radical (unpaired) electrons. The summed E-state index contributed by atoms with van der Waals surface area (Å²) >= 11 is 1.86. The van der Waals surface area contributed by atoms with E-state index in [2.05, 4.69) is 373 Å². The first kappa shape index (κ1) is 59.4. The quantitative estimate of drug-likeness (QED) is 0.156. The molecule has 4 aliphatic carbocycles. The van der Waals surface area contributed by atoms with Crippen LogP contribution in [0.4, 0.5) is 0 Å².